The van der Waals surface area contributed by atoms with Crippen LogP contribution in [0.3, 0.4) is 0 Å². The van der Waals surface area contributed by atoms with Gasteiger partial charge in [0.2, 0.25) is 12.2 Å². The molecule has 0 fully saturated rings. The summed E-state index contributed by atoms with van der Waals surface area (Å²) in [4.78, 5) is 10.2. The standard InChI is InChI=1S/C16H34N6O3/c1-5-8-11-20(23)14-17-15(21(24)12-9-6-2)19(4)16(18-14)22(25)13-10-7-3/h15,23-25H,5-13H2,1-4H3. The van der Waals surface area contributed by atoms with Crippen LogP contribution in [-0.4, -0.2) is 80.6 Å². The van der Waals surface area contributed by atoms with Gasteiger partial charge in [0.1, 0.15) is 0 Å². The average Bonchev–Trinajstić information content (AvgIpc) is 2.62. The van der Waals surface area contributed by atoms with Crippen molar-refractivity contribution in [3.05, 3.63) is 0 Å². The highest BCUT2D eigenvalue weighted by molar-refractivity contribution is 5.95. The first kappa shape index (κ1) is 21.6. The third-order valence-corrected chi connectivity index (χ3v) is 4.01. The van der Waals surface area contributed by atoms with E-state index in [0.29, 0.717) is 19.6 Å². The van der Waals surface area contributed by atoms with Crippen LogP contribution >= 0.6 is 0 Å². The number of hydroxylamine groups is 6. The summed E-state index contributed by atoms with van der Waals surface area (Å²) in [6, 6.07) is 0. The van der Waals surface area contributed by atoms with Gasteiger partial charge in [0.25, 0.3) is 5.96 Å². The second kappa shape index (κ2) is 11.2. The molecule has 0 saturated heterocycles. The maximum Gasteiger partial charge on any atom is 0.251 e. The summed E-state index contributed by atoms with van der Waals surface area (Å²) < 4.78 is 0. The molecule has 1 unspecified atom stereocenters. The van der Waals surface area contributed by atoms with Crippen molar-refractivity contribution in [2.24, 2.45) is 9.98 Å². The zero-order valence-electron chi connectivity index (χ0n) is 16.0. The first-order chi connectivity index (χ1) is 12.0. The van der Waals surface area contributed by atoms with E-state index in [9.17, 15) is 15.6 Å². The van der Waals surface area contributed by atoms with E-state index in [2.05, 4.69) is 9.98 Å². The average molecular weight is 358 g/mol. The van der Waals surface area contributed by atoms with E-state index >= 15 is 0 Å². The topological polar surface area (TPSA) is 98.4 Å². The van der Waals surface area contributed by atoms with Crippen LogP contribution in [-0.2, 0) is 0 Å². The van der Waals surface area contributed by atoms with E-state index in [1.165, 1.54) is 0 Å². The molecule has 0 spiro atoms. The van der Waals surface area contributed by atoms with Crippen LogP contribution < -0.4 is 0 Å². The minimum absolute atomic E-state index is 0.0950. The molecule has 0 amide bonds. The molecule has 9 nitrogen and oxygen atoms in total. The van der Waals surface area contributed by atoms with Crippen molar-refractivity contribution >= 4 is 11.9 Å². The summed E-state index contributed by atoms with van der Waals surface area (Å²) in [6.07, 6.45) is 4.46. The smallest absolute Gasteiger partial charge is 0.251 e. The van der Waals surface area contributed by atoms with E-state index in [1.54, 1.807) is 11.9 Å². The minimum atomic E-state index is -0.749. The number of aliphatic imine (C=N–C) groups is 2. The fraction of sp³-hybridized carbons (Fsp3) is 0.875. The molecule has 1 rings (SSSR count). The second-order valence-electron chi connectivity index (χ2n) is 6.27. The molecular formula is C16H34N6O3. The second-order valence-corrected chi connectivity index (χ2v) is 6.27. The molecule has 0 saturated carbocycles. The zero-order valence-corrected chi connectivity index (χ0v) is 16.0. The molecule has 0 radical (unpaired) electrons. The molecule has 0 aromatic heterocycles. The summed E-state index contributed by atoms with van der Waals surface area (Å²) >= 11 is 0. The predicted molar refractivity (Wildman–Crippen MR) is 96.6 cm³/mol. The molecule has 1 heterocycles. The Hall–Kier alpha value is -1.42. The van der Waals surface area contributed by atoms with Crippen molar-refractivity contribution in [1.82, 2.24) is 20.1 Å². The molecule has 1 aliphatic heterocycles. The van der Waals surface area contributed by atoms with Gasteiger partial charge in [-0.1, -0.05) is 40.0 Å². The van der Waals surface area contributed by atoms with Gasteiger partial charge in [0.15, 0.2) is 0 Å². The van der Waals surface area contributed by atoms with Gasteiger partial charge < -0.3 is 10.1 Å². The Labute approximate surface area is 150 Å². The highest BCUT2D eigenvalue weighted by atomic mass is 16.5. The van der Waals surface area contributed by atoms with Gasteiger partial charge in [-0.25, -0.2) is 15.1 Å². The Morgan fingerprint density at radius 3 is 1.96 bits per heavy atom. The summed E-state index contributed by atoms with van der Waals surface area (Å²) in [6.45, 7) is 7.36. The quantitative estimate of drug-likeness (QED) is 0.516. The molecule has 3 N–H and O–H groups in total. The van der Waals surface area contributed by atoms with Gasteiger partial charge in [0.05, 0.1) is 0 Å². The monoisotopic (exact) mass is 358 g/mol. The normalized spacial score (nSPS) is 17.6. The van der Waals surface area contributed by atoms with Gasteiger partial charge in [-0.05, 0) is 19.3 Å². The van der Waals surface area contributed by atoms with Crippen molar-refractivity contribution in [2.45, 2.75) is 65.6 Å². The fourth-order valence-electron chi connectivity index (χ4n) is 2.37. The molecular weight excluding hydrogens is 324 g/mol. The van der Waals surface area contributed by atoms with E-state index in [1.807, 2.05) is 20.8 Å². The number of hydrogen-bond acceptors (Lipinski definition) is 9. The Bertz CT molecular complexity index is 446. The fourth-order valence-corrected chi connectivity index (χ4v) is 2.37. The van der Waals surface area contributed by atoms with Crippen LogP contribution in [0, 0.1) is 0 Å². The Morgan fingerprint density at radius 1 is 0.880 bits per heavy atom. The number of unbranched alkanes of at least 4 members (excludes halogenated alkanes) is 3. The number of nitrogens with zero attached hydrogens (tertiary/aromatic N) is 6. The van der Waals surface area contributed by atoms with E-state index in [0.717, 1.165) is 53.7 Å². The molecule has 1 aliphatic rings. The van der Waals surface area contributed by atoms with E-state index in [4.69, 9.17) is 0 Å². The third-order valence-electron chi connectivity index (χ3n) is 4.01. The summed E-state index contributed by atoms with van der Waals surface area (Å²) in [7, 11) is 1.71. The van der Waals surface area contributed by atoms with Crippen molar-refractivity contribution in [1.29, 1.82) is 0 Å². The van der Waals surface area contributed by atoms with Gasteiger partial charge in [0, 0.05) is 26.7 Å². The van der Waals surface area contributed by atoms with Crippen molar-refractivity contribution in [2.75, 3.05) is 26.7 Å². The molecule has 146 valence electrons. The number of guanidine groups is 2. The lowest BCUT2D eigenvalue weighted by Crippen LogP contribution is -2.55. The van der Waals surface area contributed by atoms with Crippen LogP contribution in [0.1, 0.15) is 59.3 Å². The first-order valence-electron chi connectivity index (χ1n) is 9.23. The number of hydrogen-bond donors (Lipinski definition) is 3. The lowest BCUT2D eigenvalue weighted by molar-refractivity contribution is -0.160. The molecule has 0 aromatic rings. The molecule has 0 aliphatic carbocycles. The van der Waals surface area contributed by atoms with Crippen LogP contribution in [0.25, 0.3) is 0 Å². The lowest BCUT2D eigenvalue weighted by Gasteiger charge is -2.38. The first-order valence-corrected chi connectivity index (χ1v) is 9.23. The maximum absolute atomic E-state index is 10.4. The predicted octanol–water partition coefficient (Wildman–Crippen LogP) is 2.40. The lowest BCUT2D eigenvalue weighted by atomic mass is 10.3. The van der Waals surface area contributed by atoms with Crippen molar-refractivity contribution in [3.8, 4) is 0 Å². The number of rotatable bonds is 10. The van der Waals surface area contributed by atoms with Gasteiger partial charge in [-0.15, -0.1) is 5.06 Å². The van der Waals surface area contributed by atoms with Crippen LogP contribution in [0.4, 0.5) is 0 Å². The van der Waals surface area contributed by atoms with E-state index < -0.39 is 6.29 Å². The van der Waals surface area contributed by atoms with Crippen LogP contribution in [0.2, 0.25) is 0 Å². The maximum atomic E-state index is 10.4. The largest absolute Gasteiger partial charge is 0.310 e. The van der Waals surface area contributed by atoms with Crippen molar-refractivity contribution in [3.63, 3.8) is 0 Å². The van der Waals surface area contributed by atoms with Gasteiger partial charge in [-0.3, -0.25) is 10.4 Å². The Morgan fingerprint density at radius 2 is 1.40 bits per heavy atom. The minimum Gasteiger partial charge on any atom is -0.310 e. The highest BCUT2D eigenvalue weighted by Crippen LogP contribution is 2.15. The molecule has 0 aromatic carbocycles. The zero-order chi connectivity index (χ0) is 18.8. The molecule has 0 bridgehead atoms. The molecule has 1 atom stereocenters. The van der Waals surface area contributed by atoms with Crippen LogP contribution in [0.5, 0.6) is 0 Å². The summed E-state index contributed by atoms with van der Waals surface area (Å²) in [5.41, 5.74) is 0. The SMILES string of the molecule is CCCCN(O)C1=NC(N(O)CCCC)N(C)C(N(O)CCCC)=N1. The van der Waals surface area contributed by atoms with Gasteiger partial charge >= 0.3 is 0 Å². The molecule has 9 heteroatoms. The Kier molecular flexibility index (Phi) is 9.73. The summed E-state index contributed by atoms with van der Waals surface area (Å²) in [5.74, 6) is 0.354. The third kappa shape index (κ3) is 6.43. The summed E-state index contributed by atoms with van der Waals surface area (Å²) in [5, 5.41) is 34.0. The van der Waals surface area contributed by atoms with Crippen LogP contribution in [0.15, 0.2) is 9.98 Å². The molecule has 25 heavy (non-hydrogen) atoms. The van der Waals surface area contributed by atoms with Gasteiger partial charge in [-0.2, -0.15) is 4.99 Å². The van der Waals surface area contributed by atoms with Crippen molar-refractivity contribution < 1.29 is 15.6 Å². The van der Waals surface area contributed by atoms with E-state index in [-0.39, 0.29) is 11.9 Å². The Balaban J connectivity index is 3.00. The highest BCUT2D eigenvalue weighted by Gasteiger charge is 2.32.